The van der Waals surface area contributed by atoms with E-state index in [-0.39, 0.29) is 0 Å². The summed E-state index contributed by atoms with van der Waals surface area (Å²) in [4.78, 5) is 0. The van der Waals surface area contributed by atoms with Gasteiger partial charge in [-0.15, -0.1) is 0 Å². The monoisotopic (exact) mass is 574 g/mol. The molecule has 4 aromatic heterocycles. The highest BCUT2D eigenvalue weighted by Crippen LogP contribution is 2.37. The van der Waals surface area contributed by atoms with Crippen LogP contribution in [-0.4, -0.2) is 18.7 Å². The molecule has 4 heteroatoms. The summed E-state index contributed by atoms with van der Waals surface area (Å²) >= 11 is 0. The van der Waals surface area contributed by atoms with E-state index in [0.717, 1.165) is 28.1 Å². The van der Waals surface area contributed by atoms with E-state index in [1.165, 1.54) is 54.4 Å². The van der Waals surface area contributed by atoms with Gasteiger partial charge in [0.25, 0.3) is 0 Å². The van der Waals surface area contributed by atoms with Crippen LogP contribution in [0.25, 0.3) is 82.5 Å². The standard InChI is InChI=1S/C41H26N4/c1-2-12-28-26-43-30(21-27(28)11-1)25-37(42-43)29-22-31(44-38-17-7-3-13-33(38)34-14-4-8-18-39(34)44)24-32(23-29)45-40-19-9-5-15-35(40)36-16-6-10-20-41(36)45/h1-26H. The van der Waals surface area contributed by atoms with Crippen molar-refractivity contribution in [3.63, 3.8) is 0 Å². The van der Waals surface area contributed by atoms with Gasteiger partial charge in [0, 0.05) is 50.1 Å². The molecule has 0 saturated heterocycles. The summed E-state index contributed by atoms with van der Waals surface area (Å²) in [7, 11) is 0. The average Bonchev–Trinajstić information content (AvgIpc) is 3.77. The number of pyridine rings is 1. The van der Waals surface area contributed by atoms with Gasteiger partial charge in [-0.05, 0) is 60.0 Å². The van der Waals surface area contributed by atoms with Crippen molar-refractivity contribution in [1.82, 2.24) is 18.7 Å². The van der Waals surface area contributed by atoms with Crippen LogP contribution in [0.2, 0.25) is 0 Å². The molecule has 10 aromatic rings. The van der Waals surface area contributed by atoms with Gasteiger partial charge in [0.05, 0.1) is 33.3 Å². The van der Waals surface area contributed by atoms with Crippen molar-refractivity contribution in [2.75, 3.05) is 0 Å². The van der Waals surface area contributed by atoms with Gasteiger partial charge < -0.3 is 9.13 Å². The van der Waals surface area contributed by atoms with Crippen LogP contribution in [0.3, 0.4) is 0 Å². The number of aromatic nitrogens is 4. The van der Waals surface area contributed by atoms with Crippen molar-refractivity contribution in [2.24, 2.45) is 0 Å². The number of para-hydroxylation sites is 4. The van der Waals surface area contributed by atoms with E-state index >= 15 is 0 Å². The summed E-state index contributed by atoms with van der Waals surface area (Å²) in [5.74, 6) is 0. The Hall–Kier alpha value is -6.13. The third kappa shape index (κ3) is 3.57. The van der Waals surface area contributed by atoms with Gasteiger partial charge in [0.1, 0.15) is 0 Å². The number of rotatable bonds is 3. The van der Waals surface area contributed by atoms with Crippen LogP contribution < -0.4 is 0 Å². The molecule has 0 amide bonds. The van der Waals surface area contributed by atoms with E-state index in [1.807, 2.05) is 4.52 Å². The molecular formula is C41H26N4. The number of fused-ring (bicyclic) bond motifs is 8. The molecule has 0 fully saturated rings. The first-order valence-corrected chi connectivity index (χ1v) is 15.3. The van der Waals surface area contributed by atoms with Crippen molar-refractivity contribution in [3.05, 3.63) is 158 Å². The predicted molar refractivity (Wildman–Crippen MR) is 187 cm³/mol. The number of benzene rings is 6. The zero-order valence-electron chi connectivity index (χ0n) is 24.3. The first-order chi connectivity index (χ1) is 22.3. The lowest BCUT2D eigenvalue weighted by molar-refractivity contribution is 0.973. The third-order valence-electron chi connectivity index (χ3n) is 9.20. The van der Waals surface area contributed by atoms with Crippen LogP contribution in [0.15, 0.2) is 158 Å². The number of nitrogens with zero attached hydrogens (tertiary/aromatic N) is 4. The second-order valence-corrected chi connectivity index (χ2v) is 11.8. The maximum atomic E-state index is 5.13. The van der Waals surface area contributed by atoms with E-state index in [0.29, 0.717) is 0 Å². The van der Waals surface area contributed by atoms with Gasteiger partial charge in [-0.2, -0.15) is 5.10 Å². The van der Waals surface area contributed by atoms with Gasteiger partial charge in [-0.3, -0.25) is 0 Å². The van der Waals surface area contributed by atoms with Gasteiger partial charge in [0.15, 0.2) is 0 Å². The quantitative estimate of drug-likeness (QED) is 0.206. The lowest BCUT2D eigenvalue weighted by Crippen LogP contribution is -2.00. The third-order valence-corrected chi connectivity index (χ3v) is 9.20. The fourth-order valence-corrected chi connectivity index (χ4v) is 7.21. The van der Waals surface area contributed by atoms with Gasteiger partial charge in [-0.1, -0.05) is 97.1 Å². The largest absolute Gasteiger partial charge is 0.309 e. The van der Waals surface area contributed by atoms with Crippen molar-refractivity contribution >= 4 is 59.9 Å². The van der Waals surface area contributed by atoms with Crippen LogP contribution in [-0.2, 0) is 0 Å². The molecule has 6 aromatic carbocycles. The van der Waals surface area contributed by atoms with E-state index in [2.05, 4.69) is 167 Å². The smallest absolute Gasteiger partial charge is 0.0935 e. The lowest BCUT2D eigenvalue weighted by Gasteiger charge is -2.15. The fraction of sp³-hybridized carbons (Fsp3) is 0. The fourth-order valence-electron chi connectivity index (χ4n) is 7.21. The first-order valence-electron chi connectivity index (χ1n) is 15.3. The first kappa shape index (κ1) is 24.3. The SMILES string of the molecule is c1ccc2cn3nc(-c4cc(-n5c6ccccc6c6ccccc65)cc(-n5c6ccccc6c6ccccc65)c4)cc3cc2c1. The van der Waals surface area contributed by atoms with Crippen LogP contribution >= 0.6 is 0 Å². The molecule has 0 aliphatic heterocycles. The molecule has 4 heterocycles. The zero-order chi connectivity index (χ0) is 29.5. The molecular weight excluding hydrogens is 548 g/mol. The Kier molecular flexibility index (Phi) is 4.96. The summed E-state index contributed by atoms with van der Waals surface area (Å²) in [5.41, 5.74) is 10.0. The molecule has 210 valence electrons. The molecule has 0 unspecified atom stereocenters. The zero-order valence-corrected chi connectivity index (χ0v) is 24.3. The molecule has 0 bridgehead atoms. The van der Waals surface area contributed by atoms with E-state index in [9.17, 15) is 0 Å². The highest BCUT2D eigenvalue weighted by atomic mass is 15.2. The van der Waals surface area contributed by atoms with Crippen molar-refractivity contribution in [2.45, 2.75) is 0 Å². The van der Waals surface area contributed by atoms with E-state index in [4.69, 9.17) is 5.10 Å². The summed E-state index contributed by atoms with van der Waals surface area (Å²) < 4.78 is 6.80. The molecule has 4 nitrogen and oxygen atoms in total. The van der Waals surface area contributed by atoms with Gasteiger partial charge >= 0.3 is 0 Å². The Labute approximate surface area is 258 Å². The topological polar surface area (TPSA) is 27.2 Å². The summed E-state index contributed by atoms with van der Waals surface area (Å²) in [6.45, 7) is 0. The second kappa shape index (κ2) is 9.18. The molecule has 0 radical (unpaired) electrons. The Morgan fingerprint density at radius 3 is 1.36 bits per heavy atom. The normalized spacial score (nSPS) is 12.0. The Bertz CT molecular complexity index is 2480. The Balaban J connectivity index is 1.31. The van der Waals surface area contributed by atoms with Crippen molar-refractivity contribution in [1.29, 1.82) is 0 Å². The molecule has 0 N–H and O–H groups in total. The Morgan fingerprint density at radius 2 is 0.844 bits per heavy atom. The molecule has 0 saturated carbocycles. The minimum atomic E-state index is 0.940. The van der Waals surface area contributed by atoms with E-state index < -0.39 is 0 Å². The van der Waals surface area contributed by atoms with Gasteiger partial charge in [-0.25, -0.2) is 4.52 Å². The lowest BCUT2D eigenvalue weighted by atomic mass is 10.1. The number of hydrogen-bond donors (Lipinski definition) is 0. The minimum Gasteiger partial charge on any atom is -0.309 e. The summed E-state index contributed by atoms with van der Waals surface area (Å²) in [6, 6.07) is 54.6. The Morgan fingerprint density at radius 1 is 0.400 bits per heavy atom. The average molecular weight is 575 g/mol. The van der Waals surface area contributed by atoms with Crippen LogP contribution in [0.1, 0.15) is 0 Å². The molecule has 0 aliphatic rings. The highest BCUT2D eigenvalue weighted by Gasteiger charge is 2.18. The van der Waals surface area contributed by atoms with E-state index in [1.54, 1.807) is 0 Å². The number of hydrogen-bond acceptors (Lipinski definition) is 1. The maximum absolute atomic E-state index is 5.13. The summed E-state index contributed by atoms with van der Waals surface area (Å²) in [5, 5.41) is 12.5. The molecule has 0 spiro atoms. The molecule has 45 heavy (non-hydrogen) atoms. The highest BCUT2D eigenvalue weighted by molar-refractivity contribution is 6.10. The summed E-state index contributed by atoms with van der Waals surface area (Å²) in [6.07, 6.45) is 2.12. The van der Waals surface area contributed by atoms with Crippen LogP contribution in [0.4, 0.5) is 0 Å². The minimum absolute atomic E-state index is 0.940. The molecule has 0 aliphatic carbocycles. The molecule has 0 atom stereocenters. The predicted octanol–water partition coefficient (Wildman–Crippen LogP) is 10.3. The van der Waals surface area contributed by atoms with Crippen molar-refractivity contribution in [3.8, 4) is 22.6 Å². The second-order valence-electron chi connectivity index (χ2n) is 11.8. The van der Waals surface area contributed by atoms with Crippen LogP contribution in [0.5, 0.6) is 0 Å². The van der Waals surface area contributed by atoms with Crippen molar-refractivity contribution < 1.29 is 0 Å². The maximum Gasteiger partial charge on any atom is 0.0935 e. The molecule has 10 rings (SSSR count). The van der Waals surface area contributed by atoms with Crippen LogP contribution in [0, 0.1) is 0 Å². The van der Waals surface area contributed by atoms with Gasteiger partial charge in [0.2, 0.25) is 0 Å².